The number of alkyl halides is 1. The molecule has 1 saturated heterocycles. The van der Waals surface area contributed by atoms with Crippen LogP contribution in [-0.2, 0) is 16.7 Å². The number of sulfonamides is 1. The molecule has 2 amide bonds. The van der Waals surface area contributed by atoms with E-state index in [1.807, 2.05) is 37.3 Å². The van der Waals surface area contributed by atoms with E-state index in [1.165, 1.54) is 18.2 Å². The van der Waals surface area contributed by atoms with E-state index in [2.05, 4.69) is 25.2 Å². The van der Waals surface area contributed by atoms with Crippen molar-refractivity contribution in [3.63, 3.8) is 0 Å². The van der Waals surface area contributed by atoms with Gasteiger partial charge in [-0.3, -0.25) is 9.88 Å². The maximum atomic E-state index is 12.9. The van der Waals surface area contributed by atoms with Crippen LogP contribution in [0, 0.1) is 6.92 Å². The normalized spacial score (nSPS) is 16.6. The highest BCUT2D eigenvalue weighted by molar-refractivity contribution is 7.89. The van der Waals surface area contributed by atoms with Crippen LogP contribution in [0.3, 0.4) is 0 Å². The fraction of sp³-hybridized carbons (Fsp3) is 0.333. The van der Waals surface area contributed by atoms with Gasteiger partial charge in [0.2, 0.25) is 10.0 Å². The van der Waals surface area contributed by atoms with Crippen LogP contribution in [0.2, 0.25) is 0 Å². The molecular formula is C24H28FN5O3S. The molecule has 1 aliphatic rings. The molecule has 1 aromatic heterocycles. The minimum atomic E-state index is -3.72. The zero-order valence-electron chi connectivity index (χ0n) is 18.9. The van der Waals surface area contributed by atoms with Gasteiger partial charge in [-0.25, -0.2) is 22.3 Å². The van der Waals surface area contributed by atoms with Crippen LogP contribution in [0.4, 0.5) is 14.9 Å². The number of pyridine rings is 1. The fourth-order valence-electron chi connectivity index (χ4n) is 4.12. The Morgan fingerprint density at radius 2 is 2.00 bits per heavy atom. The van der Waals surface area contributed by atoms with Crippen molar-refractivity contribution < 1.29 is 17.6 Å². The summed E-state index contributed by atoms with van der Waals surface area (Å²) in [5.74, 6) is 0. The van der Waals surface area contributed by atoms with E-state index in [-0.39, 0.29) is 17.0 Å². The van der Waals surface area contributed by atoms with Gasteiger partial charge in [0.05, 0.1) is 16.1 Å². The summed E-state index contributed by atoms with van der Waals surface area (Å²) in [5.41, 5.74) is 2.67. The summed E-state index contributed by atoms with van der Waals surface area (Å²) in [6.07, 6.45) is 0.663. The molecule has 0 spiro atoms. The van der Waals surface area contributed by atoms with Gasteiger partial charge in [-0.1, -0.05) is 30.3 Å². The van der Waals surface area contributed by atoms with Crippen molar-refractivity contribution in [3.05, 3.63) is 65.9 Å². The smallest absolute Gasteiger partial charge is 0.319 e. The van der Waals surface area contributed by atoms with Gasteiger partial charge >= 0.3 is 6.03 Å². The molecule has 8 nitrogen and oxygen atoms in total. The molecular weight excluding hydrogens is 457 g/mol. The summed E-state index contributed by atoms with van der Waals surface area (Å²) in [6.45, 7) is 3.45. The van der Waals surface area contributed by atoms with Gasteiger partial charge in [-0.05, 0) is 49.7 Å². The van der Waals surface area contributed by atoms with Gasteiger partial charge in [0.25, 0.3) is 0 Å². The van der Waals surface area contributed by atoms with Crippen molar-refractivity contribution in [2.24, 2.45) is 0 Å². The average Bonchev–Trinajstić information content (AvgIpc) is 3.25. The first kappa shape index (κ1) is 24.1. The molecule has 1 unspecified atom stereocenters. The van der Waals surface area contributed by atoms with Gasteiger partial charge in [0, 0.05) is 36.8 Å². The van der Waals surface area contributed by atoms with E-state index >= 15 is 0 Å². The van der Waals surface area contributed by atoms with E-state index in [0.29, 0.717) is 37.3 Å². The molecule has 34 heavy (non-hydrogen) atoms. The molecule has 3 N–H and O–H groups in total. The summed E-state index contributed by atoms with van der Waals surface area (Å²) in [7, 11) is -3.72. The van der Waals surface area contributed by atoms with E-state index in [4.69, 9.17) is 0 Å². The first-order valence-electron chi connectivity index (χ1n) is 11.1. The molecule has 2 heterocycles. The lowest BCUT2D eigenvalue weighted by Gasteiger charge is -2.17. The third kappa shape index (κ3) is 5.88. The Labute approximate surface area is 198 Å². The molecule has 1 atom stereocenters. The lowest BCUT2D eigenvalue weighted by Crippen LogP contribution is -2.39. The Bertz CT molecular complexity index is 1280. The number of hydrogen-bond acceptors (Lipinski definition) is 5. The Balaban J connectivity index is 1.25. The molecule has 4 rings (SSSR count). The van der Waals surface area contributed by atoms with Gasteiger partial charge in [0.1, 0.15) is 6.67 Å². The van der Waals surface area contributed by atoms with Gasteiger partial charge in [0.15, 0.2) is 0 Å². The number of fused-ring (bicyclic) bond motifs is 1. The Hall–Kier alpha value is -3.08. The largest absolute Gasteiger partial charge is 0.337 e. The molecule has 0 aliphatic carbocycles. The monoisotopic (exact) mass is 485 g/mol. The third-order valence-electron chi connectivity index (χ3n) is 5.76. The number of halogens is 1. The molecule has 3 aromatic rings. The van der Waals surface area contributed by atoms with Crippen LogP contribution >= 0.6 is 0 Å². The lowest BCUT2D eigenvalue weighted by atomic mass is 10.1. The Kier molecular flexibility index (Phi) is 7.40. The minimum absolute atomic E-state index is 0.0679. The zero-order chi connectivity index (χ0) is 24.1. The Morgan fingerprint density at radius 3 is 2.82 bits per heavy atom. The topological polar surface area (TPSA) is 103 Å². The predicted octanol–water partition coefficient (Wildman–Crippen LogP) is 3.19. The van der Waals surface area contributed by atoms with Crippen molar-refractivity contribution in [3.8, 4) is 0 Å². The number of aryl methyl sites for hydroxylation is 1. The standard InChI is InChI=1S/C24H28FN5O3S/c1-17-13-23(21-7-2-3-8-22(21)27-17)28-24(31)26-10-12-30-11-9-19(16-30)29-34(32,33)20-6-4-5-18(14-20)15-25/h2-8,13-14,19,29H,9-12,15-16H2,1H3,(H2,26,27,28,31). The molecule has 1 fully saturated rings. The lowest BCUT2D eigenvalue weighted by molar-refractivity contribution is 0.249. The number of anilines is 1. The summed E-state index contributed by atoms with van der Waals surface area (Å²) in [5, 5.41) is 6.62. The number of nitrogens with one attached hydrogen (secondary N) is 3. The number of hydrogen-bond donors (Lipinski definition) is 3. The number of carbonyl (C=O) groups excluding carboxylic acids is 1. The Morgan fingerprint density at radius 1 is 1.18 bits per heavy atom. The van der Waals surface area contributed by atoms with Crippen LogP contribution in [0.15, 0.2) is 59.5 Å². The van der Waals surface area contributed by atoms with E-state index in [9.17, 15) is 17.6 Å². The first-order chi connectivity index (χ1) is 16.3. The second-order valence-corrected chi connectivity index (χ2v) is 10.1. The molecule has 1 aliphatic heterocycles. The summed E-state index contributed by atoms with van der Waals surface area (Å²) >= 11 is 0. The number of para-hydroxylation sites is 1. The molecule has 180 valence electrons. The zero-order valence-corrected chi connectivity index (χ0v) is 19.7. The number of nitrogens with zero attached hydrogens (tertiary/aromatic N) is 2. The third-order valence-corrected chi connectivity index (χ3v) is 7.28. The number of aromatic nitrogens is 1. The maximum absolute atomic E-state index is 12.9. The molecule has 0 saturated carbocycles. The number of carbonyl (C=O) groups is 1. The van der Waals surface area contributed by atoms with Crippen LogP contribution in [-0.4, -0.2) is 56.6 Å². The molecule has 2 aromatic carbocycles. The number of urea groups is 1. The van der Waals surface area contributed by atoms with Crippen LogP contribution < -0.4 is 15.4 Å². The molecule has 0 radical (unpaired) electrons. The van der Waals surface area contributed by atoms with Crippen molar-refractivity contribution in [2.75, 3.05) is 31.5 Å². The molecule has 10 heteroatoms. The summed E-state index contributed by atoms with van der Waals surface area (Å²) in [4.78, 5) is 19.1. The summed E-state index contributed by atoms with van der Waals surface area (Å²) in [6, 6.07) is 14.8. The van der Waals surface area contributed by atoms with E-state index in [1.54, 1.807) is 6.07 Å². The highest BCUT2D eigenvalue weighted by Crippen LogP contribution is 2.22. The van der Waals surface area contributed by atoms with Gasteiger partial charge < -0.3 is 10.6 Å². The highest BCUT2D eigenvalue weighted by Gasteiger charge is 2.27. The minimum Gasteiger partial charge on any atom is -0.337 e. The quantitative estimate of drug-likeness (QED) is 0.455. The number of amides is 2. The SMILES string of the molecule is Cc1cc(NC(=O)NCCN2CCC(NS(=O)(=O)c3cccc(CF)c3)C2)c2ccccc2n1. The predicted molar refractivity (Wildman–Crippen MR) is 130 cm³/mol. The van der Waals surface area contributed by atoms with Gasteiger partial charge in [-0.15, -0.1) is 0 Å². The molecule has 0 bridgehead atoms. The van der Waals surface area contributed by atoms with Crippen LogP contribution in [0.5, 0.6) is 0 Å². The fourth-order valence-corrected chi connectivity index (χ4v) is 5.45. The number of benzene rings is 2. The van der Waals surface area contributed by atoms with E-state index < -0.39 is 16.7 Å². The first-order valence-corrected chi connectivity index (χ1v) is 12.6. The average molecular weight is 486 g/mol. The van der Waals surface area contributed by atoms with Crippen molar-refractivity contribution in [2.45, 2.75) is 31.0 Å². The van der Waals surface area contributed by atoms with E-state index in [0.717, 1.165) is 23.1 Å². The van der Waals surface area contributed by atoms with Crippen LogP contribution in [0.1, 0.15) is 17.7 Å². The van der Waals surface area contributed by atoms with Crippen LogP contribution in [0.25, 0.3) is 10.9 Å². The second-order valence-electron chi connectivity index (χ2n) is 8.40. The second kappa shape index (κ2) is 10.5. The van der Waals surface area contributed by atoms with Crippen molar-refractivity contribution in [1.29, 1.82) is 0 Å². The van der Waals surface area contributed by atoms with Crippen molar-refractivity contribution in [1.82, 2.24) is 19.9 Å². The highest BCUT2D eigenvalue weighted by atomic mass is 32.2. The number of rotatable bonds is 8. The van der Waals surface area contributed by atoms with Crippen molar-refractivity contribution >= 4 is 32.6 Å². The maximum Gasteiger partial charge on any atom is 0.319 e. The number of likely N-dealkylation sites (tertiary alicyclic amines) is 1. The van der Waals surface area contributed by atoms with Gasteiger partial charge in [-0.2, -0.15) is 0 Å². The summed E-state index contributed by atoms with van der Waals surface area (Å²) < 4.78 is 40.9.